The van der Waals surface area contributed by atoms with E-state index in [0.717, 1.165) is 30.5 Å². The Balaban J connectivity index is 1.43. The fourth-order valence-electron chi connectivity index (χ4n) is 7.40. The summed E-state index contributed by atoms with van der Waals surface area (Å²) in [6.07, 6.45) is 1.43. The first-order valence-corrected chi connectivity index (χ1v) is 13.6. The van der Waals surface area contributed by atoms with Crippen LogP contribution in [0.4, 0.5) is 0 Å². The number of ether oxygens (including phenoxy) is 6. The van der Waals surface area contributed by atoms with Gasteiger partial charge in [0.15, 0.2) is 23.2 Å². The van der Waals surface area contributed by atoms with Gasteiger partial charge < -0.3 is 33.5 Å². The standard InChI is InChI=1S/C28H37NO9/c1-16(2)6-8-27(32,12-22(30)33-3)25(31)37-24-23-18-11-20-19(35-15-36-20)10-17(18)21-13-29-9-5-7-26(23,29)14-28(24,34-4)38-21/h10-11,16,21,23-24,32H,5-9,12-15H2,1-4H3/t21-,23+,24-,26-,27+,28+/m0/s1. The van der Waals surface area contributed by atoms with Gasteiger partial charge in [0.1, 0.15) is 0 Å². The zero-order chi connectivity index (χ0) is 26.9. The molecule has 4 bridgehead atoms. The molecule has 1 spiro atoms. The highest BCUT2D eigenvalue weighted by Crippen LogP contribution is 2.65. The molecule has 6 aliphatic rings. The Kier molecular flexibility index (Phi) is 6.18. The third kappa shape index (κ3) is 3.75. The number of carbonyl (C=O) groups is 2. The summed E-state index contributed by atoms with van der Waals surface area (Å²) >= 11 is 0. The second kappa shape index (κ2) is 9.08. The van der Waals surface area contributed by atoms with Gasteiger partial charge >= 0.3 is 11.9 Å². The number of benzene rings is 1. The van der Waals surface area contributed by atoms with Crippen molar-refractivity contribution >= 4 is 11.9 Å². The summed E-state index contributed by atoms with van der Waals surface area (Å²) < 4.78 is 35.4. The molecule has 3 fully saturated rings. The number of hydrogen-bond acceptors (Lipinski definition) is 10. The zero-order valence-electron chi connectivity index (χ0n) is 22.5. The van der Waals surface area contributed by atoms with Gasteiger partial charge in [-0.3, -0.25) is 9.69 Å². The number of nitrogens with zero attached hydrogens (tertiary/aromatic N) is 1. The van der Waals surface area contributed by atoms with Crippen LogP contribution in [-0.4, -0.2) is 79.1 Å². The van der Waals surface area contributed by atoms with E-state index in [-0.39, 0.29) is 36.7 Å². The number of hydrogen-bond donors (Lipinski definition) is 1. The van der Waals surface area contributed by atoms with Gasteiger partial charge in [-0.2, -0.15) is 0 Å². The van der Waals surface area contributed by atoms with E-state index >= 15 is 0 Å². The Morgan fingerprint density at radius 1 is 1.21 bits per heavy atom. The van der Waals surface area contributed by atoms with Crippen LogP contribution in [0.3, 0.4) is 0 Å². The van der Waals surface area contributed by atoms with Crippen molar-refractivity contribution in [1.29, 1.82) is 0 Å². The van der Waals surface area contributed by atoms with E-state index in [4.69, 9.17) is 28.4 Å². The maximum atomic E-state index is 13.8. The lowest BCUT2D eigenvalue weighted by molar-refractivity contribution is -0.284. The highest BCUT2D eigenvalue weighted by molar-refractivity contribution is 5.86. The first-order chi connectivity index (χ1) is 18.1. The number of esters is 2. The highest BCUT2D eigenvalue weighted by atomic mass is 16.7. The molecule has 1 aromatic rings. The minimum atomic E-state index is -2.03. The minimum Gasteiger partial charge on any atom is -0.469 e. The predicted molar refractivity (Wildman–Crippen MR) is 133 cm³/mol. The van der Waals surface area contributed by atoms with Crippen molar-refractivity contribution in [2.24, 2.45) is 5.92 Å². The first-order valence-electron chi connectivity index (χ1n) is 13.6. The van der Waals surface area contributed by atoms with Crippen LogP contribution in [-0.2, 0) is 28.5 Å². The second-order valence-electron chi connectivity index (χ2n) is 11.8. The summed E-state index contributed by atoms with van der Waals surface area (Å²) in [4.78, 5) is 28.5. The van der Waals surface area contributed by atoms with Gasteiger partial charge in [0.2, 0.25) is 12.6 Å². The molecule has 10 heteroatoms. The van der Waals surface area contributed by atoms with Crippen molar-refractivity contribution in [2.45, 2.75) is 87.4 Å². The van der Waals surface area contributed by atoms with Gasteiger partial charge in [-0.1, -0.05) is 13.8 Å². The maximum Gasteiger partial charge on any atom is 0.339 e. The van der Waals surface area contributed by atoms with Gasteiger partial charge in [-0.05, 0) is 61.4 Å². The molecule has 38 heavy (non-hydrogen) atoms. The molecule has 0 radical (unpaired) electrons. The van der Waals surface area contributed by atoms with Crippen LogP contribution in [0, 0.1) is 5.92 Å². The Morgan fingerprint density at radius 2 is 1.95 bits per heavy atom. The molecule has 1 aliphatic carbocycles. The van der Waals surface area contributed by atoms with Crippen LogP contribution in [0.2, 0.25) is 0 Å². The zero-order valence-corrected chi connectivity index (χ0v) is 22.5. The summed E-state index contributed by atoms with van der Waals surface area (Å²) in [5.74, 6) is -1.47. The topological polar surface area (TPSA) is 113 Å². The van der Waals surface area contributed by atoms with E-state index in [9.17, 15) is 14.7 Å². The molecule has 7 rings (SSSR count). The van der Waals surface area contributed by atoms with Crippen molar-refractivity contribution < 1.29 is 43.1 Å². The molecule has 1 aromatic carbocycles. The molecule has 0 unspecified atom stereocenters. The third-order valence-corrected chi connectivity index (χ3v) is 9.28. The van der Waals surface area contributed by atoms with Crippen molar-refractivity contribution in [3.8, 4) is 11.5 Å². The SMILES string of the molecule is COC(=O)C[C@](O)(CCC(C)C)C(=O)O[C@H]1[C@H]2c3cc4c(cc3[C@@H]3CN5CCC[C@]25C[C@@]1(OC)O3)OCO4. The summed E-state index contributed by atoms with van der Waals surface area (Å²) in [7, 11) is 2.82. The van der Waals surface area contributed by atoms with E-state index in [1.807, 2.05) is 26.0 Å². The van der Waals surface area contributed by atoms with Gasteiger partial charge in [0.05, 0.1) is 19.6 Å². The number of methoxy groups -OCH3 is 2. The average molecular weight is 532 g/mol. The van der Waals surface area contributed by atoms with Crippen LogP contribution < -0.4 is 9.47 Å². The number of fused-ring (bicyclic) bond motifs is 1. The molecule has 208 valence electrons. The first kappa shape index (κ1) is 25.9. The molecule has 6 atom stereocenters. The predicted octanol–water partition coefficient (Wildman–Crippen LogP) is 2.81. The maximum absolute atomic E-state index is 13.8. The monoisotopic (exact) mass is 531 g/mol. The smallest absolute Gasteiger partial charge is 0.339 e. The molecule has 5 aliphatic heterocycles. The van der Waals surface area contributed by atoms with Crippen LogP contribution in [0.15, 0.2) is 12.1 Å². The molecule has 0 aromatic heterocycles. The minimum absolute atomic E-state index is 0.0754. The molecule has 0 amide bonds. The molecular formula is C28H37NO9. The van der Waals surface area contributed by atoms with Gasteiger partial charge in [-0.15, -0.1) is 0 Å². The summed E-state index contributed by atoms with van der Waals surface area (Å²) in [5, 5.41) is 11.5. The van der Waals surface area contributed by atoms with E-state index in [2.05, 4.69) is 4.90 Å². The normalized spacial score (nSPS) is 34.0. The fourth-order valence-corrected chi connectivity index (χ4v) is 7.40. The summed E-state index contributed by atoms with van der Waals surface area (Å²) in [6.45, 7) is 5.76. The van der Waals surface area contributed by atoms with Crippen molar-refractivity contribution in [2.75, 3.05) is 34.1 Å². The van der Waals surface area contributed by atoms with Crippen LogP contribution >= 0.6 is 0 Å². The number of aliphatic hydroxyl groups is 1. The molecule has 2 saturated heterocycles. The second-order valence-corrected chi connectivity index (χ2v) is 11.8. The van der Waals surface area contributed by atoms with Crippen LogP contribution in [0.25, 0.3) is 0 Å². The lowest BCUT2D eigenvalue weighted by atomic mass is 9.78. The Bertz CT molecular complexity index is 1140. The third-order valence-electron chi connectivity index (χ3n) is 9.28. The molecule has 10 nitrogen and oxygen atoms in total. The van der Waals surface area contributed by atoms with Gasteiger partial charge in [0, 0.05) is 31.5 Å². The Morgan fingerprint density at radius 3 is 2.63 bits per heavy atom. The van der Waals surface area contributed by atoms with E-state index < -0.39 is 35.9 Å². The van der Waals surface area contributed by atoms with Crippen LogP contribution in [0.1, 0.15) is 75.5 Å². The van der Waals surface area contributed by atoms with E-state index in [0.29, 0.717) is 30.9 Å². The Labute approximate surface area is 222 Å². The largest absolute Gasteiger partial charge is 0.469 e. The molecular weight excluding hydrogens is 494 g/mol. The lowest BCUT2D eigenvalue weighted by Gasteiger charge is -2.40. The quantitative estimate of drug-likeness (QED) is 0.503. The van der Waals surface area contributed by atoms with Gasteiger partial charge in [-0.25, -0.2) is 4.79 Å². The van der Waals surface area contributed by atoms with E-state index in [1.165, 1.54) is 7.11 Å². The average Bonchev–Trinajstić information content (AvgIpc) is 3.52. The fraction of sp³-hybridized carbons (Fsp3) is 0.714. The highest BCUT2D eigenvalue weighted by Gasteiger charge is 2.72. The van der Waals surface area contributed by atoms with Crippen molar-refractivity contribution in [3.05, 3.63) is 23.3 Å². The van der Waals surface area contributed by atoms with E-state index in [1.54, 1.807) is 7.11 Å². The number of rotatable bonds is 8. The molecule has 1 saturated carbocycles. The molecule has 1 N–H and O–H groups in total. The van der Waals surface area contributed by atoms with Crippen molar-refractivity contribution in [3.63, 3.8) is 0 Å². The summed E-state index contributed by atoms with van der Waals surface area (Å²) in [5.41, 5.74) is -0.386. The van der Waals surface area contributed by atoms with Gasteiger partial charge in [0.25, 0.3) is 0 Å². The molecule has 5 heterocycles. The Hall–Kier alpha value is -2.40. The van der Waals surface area contributed by atoms with Crippen LogP contribution in [0.5, 0.6) is 11.5 Å². The van der Waals surface area contributed by atoms with Crippen molar-refractivity contribution in [1.82, 2.24) is 4.90 Å². The lowest BCUT2D eigenvalue weighted by Crippen LogP contribution is -2.52. The summed E-state index contributed by atoms with van der Waals surface area (Å²) in [6, 6.07) is 3.98. The number of carbonyl (C=O) groups excluding carboxylic acids is 2.